The molecule has 8 rings (SSSR count). The van der Waals surface area contributed by atoms with Crippen molar-refractivity contribution < 1.29 is 16.8 Å². The van der Waals surface area contributed by atoms with E-state index in [9.17, 15) is 16.8 Å². The second kappa shape index (κ2) is 15.2. The van der Waals surface area contributed by atoms with E-state index in [0.29, 0.717) is 53.0 Å². The van der Waals surface area contributed by atoms with Crippen molar-refractivity contribution in [1.29, 1.82) is 0 Å². The Kier molecular flexibility index (Phi) is 10.3. The van der Waals surface area contributed by atoms with Crippen LogP contribution in [0.5, 0.6) is 0 Å². The SMILES string of the molecule is Cc1ccc(S(=O)(=O)N(CCc2nnc3sc(-c4nn5c(CCN(c6ccc(Cl)cc6)S(=O)(=O)c6ccc(C)cc6)nnc5s4)nn23)c2ccc(Cl)cc2)cc1. The molecule has 0 atom stereocenters. The van der Waals surface area contributed by atoms with E-state index < -0.39 is 20.0 Å². The summed E-state index contributed by atoms with van der Waals surface area (Å²) in [6.07, 6.45) is 0.395. The number of aromatic nitrogens is 8. The van der Waals surface area contributed by atoms with Crippen LogP contribution in [0.3, 0.4) is 0 Å². The fraction of sp³-hybridized carbons (Fsp3) is 0.167. The first-order valence-corrected chi connectivity index (χ1v) is 22.3. The van der Waals surface area contributed by atoms with E-state index in [1.165, 1.54) is 31.3 Å². The highest BCUT2D eigenvalue weighted by molar-refractivity contribution is 7.93. The lowest BCUT2D eigenvalue weighted by molar-refractivity contribution is 0.588. The van der Waals surface area contributed by atoms with Gasteiger partial charge in [0.25, 0.3) is 20.0 Å². The van der Waals surface area contributed by atoms with Crippen molar-refractivity contribution in [2.45, 2.75) is 36.5 Å². The molecule has 0 aliphatic carbocycles. The van der Waals surface area contributed by atoms with Crippen LogP contribution in [0.1, 0.15) is 22.8 Å². The van der Waals surface area contributed by atoms with Gasteiger partial charge in [-0.05, 0) is 86.6 Å². The summed E-state index contributed by atoms with van der Waals surface area (Å²) >= 11 is 14.8. The summed E-state index contributed by atoms with van der Waals surface area (Å²) in [5.74, 6) is 0.919. The van der Waals surface area contributed by atoms with E-state index in [0.717, 1.165) is 11.1 Å². The van der Waals surface area contributed by atoms with Crippen molar-refractivity contribution >= 4 is 87.2 Å². The van der Waals surface area contributed by atoms with Gasteiger partial charge in [0.1, 0.15) is 0 Å². The third kappa shape index (κ3) is 7.47. The highest BCUT2D eigenvalue weighted by Crippen LogP contribution is 2.31. The van der Waals surface area contributed by atoms with Gasteiger partial charge >= 0.3 is 0 Å². The summed E-state index contributed by atoms with van der Waals surface area (Å²) in [6, 6.07) is 26.6. The van der Waals surface area contributed by atoms with Gasteiger partial charge in [0.15, 0.2) is 21.7 Å². The highest BCUT2D eigenvalue weighted by Gasteiger charge is 2.28. The van der Waals surface area contributed by atoms with E-state index >= 15 is 0 Å². The Morgan fingerprint density at radius 1 is 0.536 bits per heavy atom. The van der Waals surface area contributed by atoms with Gasteiger partial charge in [0.05, 0.1) is 21.2 Å². The van der Waals surface area contributed by atoms with Crippen molar-refractivity contribution in [2.75, 3.05) is 21.7 Å². The van der Waals surface area contributed by atoms with Crippen LogP contribution in [0, 0.1) is 13.8 Å². The Hall–Kier alpha value is -4.98. The standard InChI is InChI=1S/C36H30Cl2N10O4S4/c1-23-3-15-29(16-4-23)55(49,50)45(27-11-7-25(37)8-12-27)21-19-31-39-41-35-47(31)43-33(53-35)34-44-48-32(40-42-36(48)54-34)20-22-46(28-13-9-26(38)10-14-28)56(51,52)30-17-5-24(2)6-18-30/h3-18H,19-22H2,1-2H3. The first-order valence-electron chi connectivity index (χ1n) is 17.0. The van der Waals surface area contributed by atoms with Crippen LogP contribution in [0.4, 0.5) is 11.4 Å². The summed E-state index contributed by atoms with van der Waals surface area (Å²) in [4.78, 5) is 1.32. The molecule has 14 nitrogen and oxygen atoms in total. The number of rotatable bonds is 13. The number of nitrogens with zero attached hydrogens (tertiary/aromatic N) is 10. The molecule has 0 fully saturated rings. The zero-order valence-electron chi connectivity index (χ0n) is 29.6. The van der Waals surface area contributed by atoms with Crippen LogP contribution in [0.15, 0.2) is 107 Å². The Balaban J connectivity index is 1.04. The van der Waals surface area contributed by atoms with Crippen LogP contribution in [0.25, 0.3) is 19.9 Å². The molecule has 0 amide bonds. The fourth-order valence-electron chi connectivity index (χ4n) is 5.87. The molecule has 0 aliphatic rings. The molecule has 4 heterocycles. The normalized spacial score (nSPS) is 12.1. The lowest BCUT2D eigenvalue weighted by atomic mass is 10.2. The molecule has 0 aliphatic heterocycles. The second-order valence-corrected chi connectivity index (χ2v) is 19.2. The highest BCUT2D eigenvalue weighted by atomic mass is 35.5. The van der Waals surface area contributed by atoms with Crippen molar-refractivity contribution in [2.24, 2.45) is 0 Å². The van der Waals surface area contributed by atoms with E-state index in [-0.39, 0.29) is 35.7 Å². The van der Waals surface area contributed by atoms with Gasteiger partial charge in [-0.2, -0.15) is 19.2 Å². The van der Waals surface area contributed by atoms with Crippen molar-refractivity contribution in [3.05, 3.63) is 130 Å². The minimum Gasteiger partial charge on any atom is -0.266 e. The van der Waals surface area contributed by atoms with Crippen molar-refractivity contribution in [3.63, 3.8) is 0 Å². The monoisotopic (exact) mass is 864 g/mol. The maximum atomic E-state index is 13.9. The number of hydrogen-bond donors (Lipinski definition) is 0. The van der Waals surface area contributed by atoms with E-state index in [1.54, 1.807) is 106 Å². The number of anilines is 2. The van der Waals surface area contributed by atoms with Gasteiger partial charge in [-0.15, -0.1) is 20.4 Å². The molecular formula is C36H30Cl2N10O4S4. The van der Waals surface area contributed by atoms with Crippen LogP contribution in [0.2, 0.25) is 10.0 Å². The predicted octanol–water partition coefficient (Wildman–Crippen LogP) is 7.15. The minimum atomic E-state index is -3.94. The van der Waals surface area contributed by atoms with Gasteiger partial charge < -0.3 is 0 Å². The molecule has 0 spiro atoms. The maximum Gasteiger partial charge on any atom is 0.264 e. The number of aryl methyl sites for hydroxylation is 2. The van der Waals surface area contributed by atoms with Gasteiger partial charge in [-0.3, -0.25) is 8.61 Å². The number of sulfonamides is 2. The third-order valence-electron chi connectivity index (χ3n) is 8.82. The average Bonchev–Trinajstić information content (AvgIpc) is 3.96. The van der Waals surface area contributed by atoms with Crippen molar-refractivity contribution in [1.82, 2.24) is 39.6 Å². The number of benzene rings is 4. The fourth-order valence-corrected chi connectivity index (χ4v) is 10.8. The molecule has 0 N–H and O–H groups in total. The van der Waals surface area contributed by atoms with Gasteiger partial charge in [0, 0.05) is 36.0 Å². The number of hydrogen-bond acceptors (Lipinski definition) is 12. The van der Waals surface area contributed by atoms with Crippen LogP contribution in [-0.4, -0.2) is 69.5 Å². The molecular weight excluding hydrogens is 836 g/mol. The predicted molar refractivity (Wildman–Crippen MR) is 218 cm³/mol. The molecule has 0 radical (unpaired) electrons. The van der Waals surface area contributed by atoms with Gasteiger partial charge in [-0.1, -0.05) is 81.3 Å². The lowest BCUT2D eigenvalue weighted by Gasteiger charge is -2.24. The molecule has 4 aromatic heterocycles. The van der Waals surface area contributed by atoms with Crippen molar-refractivity contribution in [3.8, 4) is 10.0 Å². The number of halogens is 2. The van der Waals surface area contributed by atoms with Crippen LogP contribution in [-0.2, 0) is 32.9 Å². The summed E-state index contributed by atoms with van der Waals surface area (Å²) in [5, 5.41) is 28.8. The van der Waals surface area contributed by atoms with E-state index in [1.807, 2.05) is 13.8 Å². The van der Waals surface area contributed by atoms with Crippen LogP contribution < -0.4 is 8.61 Å². The molecule has 0 unspecified atom stereocenters. The molecule has 286 valence electrons. The smallest absolute Gasteiger partial charge is 0.264 e. The van der Waals surface area contributed by atoms with E-state index in [4.69, 9.17) is 33.4 Å². The Morgan fingerprint density at radius 2 is 0.893 bits per heavy atom. The lowest BCUT2D eigenvalue weighted by Crippen LogP contribution is -2.33. The zero-order chi connectivity index (χ0) is 39.2. The van der Waals surface area contributed by atoms with Crippen LogP contribution >= 0.6 is 45.9 Å². The van der Waals surface area contributed by atoms with Gasteiger partial charge in [-0.25, -0.2) is 16.8 Å². The molecule has 4 aromatic carbocycles. The quantitative estimate of drug-likeness (QED) is 0.116. The second-order valence-electron chi connectivity index (χ2n) is 12.7. The Labute approximate surface area is 339 Å². The molecule has 0 saturated carbocycles. The van der Waals surface area contributed by atoms with E-state index in [2.05, 4.69) is 20.4 Å². The minimum absolute atomic E-state index is 0.0538. The first-order chi connectivity index (χ1) is 26.9. The summed E-state index contributed by atoms with van der Waals surface area (Å²) in [6.45, 7) is 3.90. The molecule has 56 heavy (non-hydrogen) atoms. The molecule has 20 heteroatoms. The third-order valence-corrected chi connectivity index (χ3v) is 14.9. The Bertz CT molecular complexity index is 2700. The topological polar surface area (TPSA) is 161 Å². The number of fused-ring (bicyclic) bond motifs is 2. The summed E-state index contributed by atoms with van der Waals surface area (Å²) in [5.41, 5.74) is 2.79. The average molecular weight is 866 g/mol. The summed E-state index contributed by atoms with van der Waals surface area (Å²) in [7, 11) is -7.89. The maximum absolute atomic E-state index is 13.9. The first kappa shape index (κ1) is 37.9. The largest absolute Gasteiger partial charge is 0.266 e. The Morgan fingerprint density at radius 3 is 1.25 bits per heavy atom. The van der Waals surface area contributed by atoms with Gasteiger partial charge in [0.2, 0.25) is 9.92 Å². The molecule has 0 saturated heterocycles. The molecule has 8 aromatic rings. The zero-order valence-corrected chi connectivity index (χ0v) is 34.3. The molecule has 0 bridgehead atoms. The summed E-state index contributed by atoms with van der Waals surface area (Å²) < 4.78 is 61.4.